The summed E-state index contributed by atoms with van der Waals surface area (Å²) in [5, 5.41) is 3.45. The van der Waals surface area contributed by atoms with Crippen molar-refractivity contribution in [3.8, 4) is 0 Å². The van der Waals surface area contributed by atoms with Gasteiger partial charge in [0.1, 0.15) is 5.82 Å². The lowest BCUT2D eigenvalue weighted by atomic mass is 10.1. The molecule has 1 atom stereocenters. The third-order valence-electron chi connectivity index (χ3n) is 3.63. The molecule has 0 aliphatic heterocycles. The van der Waals surface area contributed by atoms with Crippen LogP contribution >= 0.6 is 11.8 Å². The number of hydrogen-bond donors (Lipinski definition) is 1. The van der Waals surface area contributed by atoms with Gasteiger partial charge in [0.05, 0.1) is 5.69 Å². The van der Waals surface area contributed by atoms with Crippen LogP contribution in [-0.4, -0.2) is 30.6 Å². The molecule has 0 aliphatic carbocycles. The Kier molecular flexibility index (Phi) is 7.01. The molecule has 1 N–H and O–H groups in total. The summed E-state index contributed by atoms with van der Waals surface area (Å²) in [6, 6.07) is 5.67. The summed E-state index contributed by atoms with van der Waals surface area (Å²) >= 11 is 1.83. The Balaban J connectivity index is 2.93. The predicted molar refractivity (Wildman–Crippen MR) is 93.9 cm³/mol. The third-order valence-corrected chi connectivity index (χ3v) is 4.28. The number of hydrogen-bond acceptors (Lipinski definition) is 3. The predicted octanol–water partition coefficient (Wildman–Crippen LogP) is 4.29. The van der Waals surface area contributed by atoms with E-state index in [0.29, 0.717) is 12.6 Å². The first-order valence-electron chi connectivity index (χ1n) is 7.50. The summed E-state index contributed by atoms with van der Waals surface area (Å²) in [4.78, 5) is 2.07. The smallest absolute Gasteiger partial charge is 0.146 e. The zero-order valence-corrected chi connectivity index (χ0v) is 15.0. The van der Waals surface area contributed by atoms with Gasteiger partial charge >= 0.3 is 0 Å². The van der Waals surface area contributed by atoms with E-state index in [4.69, 9.17) is 0 Å². The number of rotatable bonds is 7. The molecule has 1 rings (SSSR count). The van der Waals surface area contributed by atoms with E-state index in [1.807, 2.05) is 24.9 Å². The number of benzene rings is 1. The third kappa shape index (κ3) is 5.87. The molecule has 0 fully saturated rings. The second kappa shape index (κ2) is 8.04. The molecule has 21 heavy (non-hydrogen) atoms. The van der Waals surface area contributed by atoms with Crippen molar-refractivity contribution in [1.29, 1.82) is 0 Å². The molecule has 0 bridgehead atoms. The van der Waals surface area contributed by atoms with Gasteiger partial charge in [-0.05, 0) is 57.8 Å². The van der Waals surface area contributed by atoms with Gasteiger partial charge in [-0.25, -0.2) is 4.39 Å². The first-order valence-corrected chi connectivity index (χ1v) is 8.90. The summed E-state index contributed by atoms with van der Waals surface area (Å²) in [5.74, 6) is 0.955. The number of thioether (sulfide) groups is 1. The molecule has 0 aromatic heterocycles. The molecule has 0 saturated carbocycles. The van der Waals surface area contributed by atoms with E-state index in [-0.39, 0.29) is 11.4 Å². The normalized spacial score (nSPS) is 13.3. The Morgan fingerprint density at radius 1 is 1.33 bits per heavy atom. The van der Waals surface area contributed by atoms with E-state index in [9.17, 15) is 4.39 Å². The van der Waals surface area contributed by atoms with E-state index >= 15 is 0 Å². The van der Waals surface area contributed by atoms with E-state index in [1.165, 1.54) is 0 Å². The largest absolute Gasteiger partial charge is 0.369 e. The minimum atomic E-state index is -0.137. The minimum absolute atomic E-state index is 0.0205. The van der Waals surface area contributed by atoms with Crippen LogP contribution in [0.2, 0.25) is 0 Å². The van der Waals surface area contributed by atoms with E-state index in [0.717, 1.165) is 23.4 Å². The summed E-state index contributed by atoms with van der Waals surface area (Å²) in [6.45, 7) is 9.20. The number of nitrogens with one attached hydrogen (secondary N) is 1. The highest BCUT2D eigenvalue weighted by Gasteiger charge is 2.18. The molecule has 0 radical (unpaired) electrons. The fourth-order valence-corrected chi connectivity index (χ4v) is 2.74. The molecular weight excluding hydrogens is 283 g/mol. The highest BCUT2D eigenvalue weighted by atomic mass is 32.2. The van der Waals surface area contributed by atoms with Crippen LogP contribution in [0.3, 0.4) is 0 Å². The van der Waals surface area contributed by atoms with Crippen molar-refractivity contribution in [2.75, 3.05) is 24.0 Å². The molecule has 1 aromatic rings. The zero-order valence-electron chi connectivity index (χ0n) is 14.2. The zero-order chi connectivity index (χ0) is 16.0. The Labute approximate surface area is 133 Å². The van der Waals surface area contributed by atoms with Crippen LogP contribution in [0.1, 0.15) is 39.7 Å². The monoisotopic (exact) mass is 312 g/mol. The summed E-state index contributed by atoms with van der Waals surface area (Å²) in [6.07, 6.45) is 3.16. The standard InChI is InChI=1S/C17H29FN2S/c1-13(10-11-21-6)20(5)16-14(8-7-9-15(16)18)12-19-17(2,3)4/h7-9,13,19H,10-12H2,1-6H3. The molecule has 120 valence electrons. The van der Waals surface area contributed by atoms with Crippen LogP contribution in [0.25, 0.3) is 0 Å². The van der Waals surface area contributed by atoms with Crippen molar-refractivity contribution < 1.29 is 4.39 Å². The maximum absolute atomic E-state index is 14.3. The summed E-state index contributed by atoms with van der Waals surface area (Å²) in [7, 11) is 1.99. The summed E-state index contributed by atoms with van der Waals surface area (Å²) in [5.41, 5.74) is 1.76. The van der Waals surface area contributed by atoms with Crippen LogP contribution in [0.4, 0.5) is 10.1 Å². The number of para-hydroxylation sites is 1. The van der Waals surface area contributed by atoms with Gasteiger partial charge in [0.25, 0.3) is 0 Å². The van der Waals surface area contributed by atoms with Crippen LogP contribution in [0.15, 0.2) is 18.2 Å². The highest BCUT2D eigenvalue weighted by Crippen LogP contribution is 2.26. The Hall–Kier alpha value is -0.740. The van der Waals surface area contributed by atoms with Gasteiger partial charge in [-0.3, -0.25) is 0 Å². The lowest BCUT2D eigenvalue weighted by molar-refractivity contribution is 0.423. The van der Waals surface area contributed by atoms with Gasteiger partial charge in [-0.2, -0.15) is 11.8 Å². The Bertz CT molecular complexity index is 443. The average Bonchev–Trinajstić information content (AvgIpc) is 2.41. The number of halogens is 1. The molecule has 4 heteroatoms. The molecule has 1 aromatic carbocycles. The fourth-order valence-electron chi connectivity index (χ4n) is 2.16. The highest BCUT2D eigenvalue weighted by molar-refractivity contribution is 7.98. The molecular formula is C17H29FN2S. The van der Waals surface area contributed by atoms with Gasteiger partial charge < -0.3 is 10.2 Å². The van der Waals surface area contributed by atoms with Crippen molar-refractivity contribution in [3.05, 3.63) is 29.6 Å². The topological polar surface area (TPSA) is 15.3 Å². The maximum Gasteiger partial charge on any atom is 0.146 e. The van der Waals surface area contributed by atoms with Gasteiger partial charge in [0.2, 0.25) is 0 Å². The lowest BCUT2D eigenvalue weighted by Crippen LogP contribution is -2.36. The number of anilines is 1. The van der Waals surface area contributed by atoms with Crippen molar-refractivity contribution >= 4 is 17.4 Å². The van der Waals surface area contributed by atoms with Crippen molar-refractivity contribution in [1.82, 2.24) is 5.32 Å². The average molecular weight is 312 g/mol. The minimum Gasteiger partial charge on any atom is -0.369 e. The van der Waals surface area contributed by atoms with Crippen molar-refractivity contribution in [2.45, 2.75) is 52.2 Å². The van der Waals surface area contributed by atoms with Gasteiger partial charge in [0.15, 0.2) is 0 Å². The number of nitrogens with zero attached hydrogens (tertiary/aromatic N) is 1. The van der Waals surface area contributed by atoms with Gasteiger partial charge in [-0.15, -0.1) is 0 Å². The van der Waals surface area contributed by atoms with Crippen LogP contribution in [-0.2, 0) is 6.54 Å². The van der Waals surface area contributed by atoms with Crippen LogP contribution in [0, 0.1) is 5.82 Å². The van der Waals surface area contributed by atoms with Gasteiger partial charge in [0, 0.05) is 25.2 Å². The second-order valence-electron chi connectivity index (χ2n) is 6.59. The SMILES string of the molecule is CSCCC(C)N(C)c1c(F)cccc1CNC(C)(C)C. The van der Waals surface area contributed by atoms with Crippen molar-refractivity contribution in [3.63, 3.8) is 0 Å². The quantitative estimate of drug-likeness (QED) is 0.808. The Morgan fingerprint density at radius 2 is 2.00 bits per heavy atom. The maximum atomic E-state index is 14.3. The molecule has 0 heterocycles. The van der Waals surface area contributed by atoms with E-state index in [1.54, 1.807) is 12.1 Å². The van der Waals surface area contributed by atoms with E-state index < -0.39 is 0 Å². The summed E-state index contributed by atoms with van der Waals surface area (Å²) < 4.78 is 14.3. The van der Waals surface area contributed by atoms with Crippen LogP contribution < -0.4 is 10.2 Å². The fraction of sp³-hybridized carbons (Fsp3) is 0.647. The van der Waals surface area contributed by atoms with Crippen molar-refractivity contribution in [2.24, 2.45) is 0 Å². The molecule has 0 amide bonds. The lowest BCUT2D eigenvalue weighted by Gasteiger charge is -2.30. The molecule has 0 spiro atoms. The molecule has 0 aliphatic rings. The second-order valence-corrected chi connectivity index (χ2v) is 7.58. The first kappa shape index (κ1) is 18.3. The molecule has 1 unspecified atom stereocenters. The molecule has 0 saturated heterocycles. The van der Waals surface area contributed by atoms with Crippen LogP contribution in [0.5, 0.6) is 0 Å². The Morgan fingerprint density at radius 3 is 2.57 bits per heavy atom. The van der Waals surface area contributed by atoms with E-state index in [2.05, 4.69) is 44.2 Å². The van der Waals surface area contributed by atoms with Gasteiger partial charge in [-0.1, -0.05) is 12.1 Å². The first-order chi connectivity index (χ1) is 9.76. The molecule has 2 nitrogen and oxygen atoms in total.